The highest BCUT2D eigenvalue weighted by Gasteiger charge is 2.14. The summed E-state index contributed by atoms with van der Waals surface area (Å²) in [6.07, 6.45) is 0. The van der Waals surface area contributed by atoms with E-state index in [2.05, 4.69) is 30.9 Å². The molecular formula is C14H21NO2. The predicted octanol–water partition coefficient (Wildman–Crippen LogP) is 2.14. The fraction of sp³-hybridized carbons (Fsp3) is 0.571. The summed E-state index contributed by atoms with van der Waals surface area (Å²) < 4.78 is 10.9. The molecule has 2 rings (SSSR count). The molecule has 0 spiro atoms. The van der Waals surface area contributed by atoms with E-state index in [1.165, 1.54) is 16.7 Å². The lowest BCUT2D eigenvalue weighted by Crippen LogP contribution is -2.35. The van der Waals surface area contributed by atoms with Crippen molar-refractivity contribution in [1.29, 1.82) is 0 Å². The zero-order chi connectivity index (χ0) is 12.3. The fourth-order valence-corrected chi connectivity index (χ4v) is 2.45. The van der Waals surface area contributed by atoms with Crippen LogP contribution in [0.1, 0.15) is 16.7 Å². The first-order valence-corrected chi connectivity index (χ1v) is 6.15. The van der Waals surface area contributed by atoms with Crippen molar-refractivity contribution in [2.45, 2.75) is 20.4 Å². The smallest absolute Gasteiger partial charge is 0.126 e. The first kappa shape index (κ1) is 12.4. The van der Waals surface area contributed by atoms with E-state index in [1.807, 2.05) is 0 Å². The summed E-state index contributed by atoms with van der Waals surface area (Å²) in [6.45, 7) is 8.89. The normalized spacial score (nSPS) is 17.1. The largest absolute Gasteiger partial charge is 0.496 e. The molecule has 1 aromatic rings. The Kier molecular flexibility index (Phi) is 4.02. The van der Waals surface area contributed by atoms with E-state index in [9.17, 15) is 0 Å². The van der Waals surface area contributed by atoms with E-state index in [1.54, 1.807) is 7.11 Å². The monoisotopic (exact) mass is 235 g/mol. The van der Waals surface area contributed by atoms with Crippen molar-refractivity contribution in [1.82, 2.24) is 4.90 Å². The van der Waals surface area contributed by atoms with Crippen LogP contribution in [0.4, 0.5) is 0 Å². The molecule has 1 heterocycles. The van der Waals surface area contributed by atoms with Crippen LogP contribution in [-0.4, -0.2) is 38.3 Å². The number of hydrogen-bond acceptors (Lipinski definition) is 3. The second-order valence-corrected chi connectivity index (χ2v) is 4.66. The molecule has 0 amide bonds. The Morgan fingerprint density at radius 2 is 1.94 bits per heavy atom. The number of hydrogen-bond donors (Lipinski definition) is 0. The van der Waals surface area contributed by atoms with E-state index >= 15 is 0 Å². The standard InChI is InChI=1S/C14H21NO2/c1-11-8-12(2)14(16-3)13(9-11)10-15-4-6-17-7-5-15/h8-9H,4-7,10H2,1-3H3. The van der Waals surface area contributed by atoms with Gasteiger partial charge in [-0.2, -0.15) is 0 Å². The van der Waals surface area contributed by atoms with Gasteiger partial charge >= 0.3 is 0 Å². The second-order valence-electron chi connectivity index (χ2n) is 4.66. The van der Waals surface area contributed by atoms with Crippen molar-refractivity contribution >= 4 is 0 Å². The molecule has 0 aromatic heterocycles. The van der Waals surface area contributed by atoms with Gasteiger partial charge in [-0.1, -0.05) is 17.7 Å². The summed E-state index contributed by atoms with van der Waals surface area (Å²) in [4.78, 5) is 2.42. The van der Waals surface area contributed by atoms with Crippen molar-refractivity contribution in [2.75, 3.05) is 33.4 Å². The van der Waals surface area contributed by atoms with Gasteiger partial charge in [0.05, 0.1) is 20.3 Å². The van der Waals surface area contributed by atoms with Crippen molar-refractivity contribution in [3.63, 3.8) is 0 Å². The maximum atomic E-state index is 5.51. The van der Waals surface area contributed by atoms with Crippen LogP contribution in [0.2, 0.25) is 0 Å². The molecule has 1 aromatic carbocycles. The highest BCUT2D eigenvalue weighted by atomic mass is 16.5. The average Bonchev–Trinajstić information content (AvgIpc) is 2.30. The number of ether oxygens (including phenoxy) is 2. The molecule has 3 heteroatoms. The lowest BCUT2D eigenvalue weighted by molar-refractivity contribution is 0.0338. The molecule has 17 heavy (non-hydrogen) atoms. The average molecular weight is 235 g/mol. The number of methoxy groups -OCH3 is 1. The third kappa shape index (κ3) is 2.99. The third-order valence-corrected chi connectivity index (χ3v) is 3.20. The van der Waals surface area contributed by atoms with Crippen molar-refractivity contribution in [3.05, 3.63) is 28.8 Å². The van der Waals surface area contributed by atoms with Gasteiger partial charge in [0.15, 0.2) is 0 Å². The van der Waals surface area contributed by atoms with E-state index in [0.29, 0.717) is 0 Å². The van der Waals surface area contributed by atoms with Crippen LogP contribution in [0.3, 0.4) is 0 Å². The van der Waals surface area contributed by atoms with Crippen molar-refractivity contribution in [3.8, 4) is 5.75 Å². The summed E-state index contributed by atoms with van der Waals surface area (Å²) in [5, 5.41) is 0. The van der Waals surface area contributed by atoms with Gasteiger partial charge in [-0.05, 0) is 19.4 Å². The molecular weight excluding hydrogens is 214 g/mol. The Morgan fingerprint density at radius 1 is 1.24 bits per heavy atom. The fourth-order valence-electron chi connectivity index (χ4n) is 2.45. The maximum absolute atomic E-state index is 5.51. The minimum Gasteiger partial charge on any atom is -0.496 e. The van der Waals surface area contributed by atoms with Crippen molar-refractivity contribution < 1.29 is 9.47 Å². The van der Waals surface area contributed by atoms with Gasteiger partial charge in [0.25, 0.3) is 0 Å². The Balaban J connectivity index is 2.18. The van der Waals surface area contributed by atoms with Crippen LogP contribution in [0, 0.1) is 13.8 Å². The Hall–Kier alpha value is -1.06. The number of aryl methyl sites for hydroxylation is 2. The summed E-state index contributed by atoms with van der Waals surface area (Å²) in [6, 6.07) is 4.39. The Labute approximate surface area is 103 Å². The minimum atomic E-state index is 0.840. The SMILES string of the molecule is COc1c(C)cc(C)cc1CN1CCOCC1. The molecule has 0 radical (unpaired) electrons. The quantitative estimate of drug-likeness (QED) is 0.801. The molecule has 0 N–H and O–H groups in total. The summed E-state index contributed by atoms with van der Waals surface area (Å²) in [7, 11) is 1.75. The lowest BCUT2D eigenvalue weighted by atomic mass is 10.0. The van der Waals surface area contributed by atoms with Crippen LogP contribution in [0.5, 0.6) is 5.75 Å². The number of benzene rings is 1. The first-order chi connectivity index (χ1) is 8.20. The number of morpholine rings is 1. The van der Waals surface area contributed by atoms with Crippen LogP contribution < -0.4 is 4.74 Å². The Morgan fingerprint density at radius 3 is 2.59 bits per heavy atom. The molecule has 0 atom stereocenters. The second kappa shape index (κ2) is 5.52. The van der Waals surface area contributed by atoms with Crippen molar-refractivity contribution in [2.24, 2.45) is 0 Å². The molecule has 1 fully saturated rings. The van der Waals surface area contributed by atoms with E-state index in [-0.39, 0.29) is 0 Å². The van der Waals surface area contributed by atoms with Crippen LogP contribution in [-0.2, 0) is 11.3 Å². The van der Waals surface area contributed by atoms with E-state index < -0.39 is 0 Å². The molecule has 0 unspecified atom stereocenters. The van der Waals surface area contributed by atoms with Gasteiger partial charge < -0.3 is 9.47 Å². The van der Waals surface area contributed by atoms with Gasteiger partial charge in [0.1, 0.15) is 5.75 Å². The molecule has 1 saturated heterocycles. The molecule has 0 saturated carbocycles. The lowest BCUT2D eigenvalue weighted by Gasteiger charge is -2.27. The molecule has 1 aliphatic heterocycles. The molecule has 94 valence electrons. The maximum Gasteiger partial charge on any atom is 0.126 e. The highest BCUT2D eigenvalue weighted by molar-refractivity contribution is 5.43. The molecule has 1 aliphatic rings. The minimum absolute atomic E-state index is 0.840. The van der Waals surface area contributed by atoms with Gasteiger partial charge in [-0.25, -0.2) is 0 Å². The van der Waals surface area contributed by atoms with Crippen LogP contribution >= 0.6 is 0 Å². The molecule has 0 bridgehead atoms. The summed E-state index contributed by atoms with van der Waals surface area (Å²) in [5.74, 6) is 1.03. The number of nitrogens with zero attached hydrogens (tertiary/aromatic N) is 1. The zero-order valence-corrected chi connectivity index (χ0v) is 11.0. The summed E-state index contributed by atoms with van der Waals surface area (Å²) in [5.41, 5.74) is 3.80. The van der Waals surface area contributed by atoms with Gasteiger partial charge in [-0.3, -0.25) is 4.90 Å². The predicted molar refractivity (Wildman–Crippen MR) is 68.6 cm³/mol. The van der Waals surface area contributed by atoms with Crippen LogP contribution in [0.25, 0.3) is 0 Å². The molecule has 0 aliphatic carbocycles. The van der Waals surface area contributed by atoms with Gasteiger partial charge in [0.2, 0.25) is 0 Å². The highest BCUT2D eigenvalue weighted by Crippen LogP contribution is 2.26. The number of rotatable bonds is 3. The van der Waals surface area contributed by atoms with Gasteiger partial charge in [0, 0.05) is 25.2 Å². The van der Waals surface area contributed by atoms with Gasteiger partial charge in [-0.15, -0.1) is 0 Å². The topological polar surface area (TPSA) is 21.7 Å². The molecule has 3 nitrogen and oxygen atoms in total. The van der Waals surface area contributed by atoms with Crippen LogP contribution in [0.15, 0.2) is 12.1 Å². The third-order valence-electron chi connectivity index (χ3n) is 3.20. The summed E-state index contributed by atoms with van der Waals surface area (Å²) >= 11 is 0. The zero-order valence-electron chi connectivity index (χ0n) is 11.0. The first-order valence-electron chi connectivity index (χ1n) is 6.15. The Bertz CT molecular complexity index is 384. The van der Waals surface area contributed by atoms with E-state index in [4.69, 9.17) is 9.47 Å². The van der Waals surface area contributed by atoms with E-state index in [0.717, 1.165) is 38.6 Å².